The van der Waals surface area contributed by atoms with Crippen molar-refractivity contribution in [3.8, 4) is 0 Å². The Bertz CT molecular complexity index is 446. The zero-order valence-corrected chi connectivity index (χ0v) is 13.6. The number of pyridine rings is 1. The molecule has 1 atom stereocenters. The van der Waals surface area contributed by atoms with Gasteiger partial charge in [-0.05, 0) is 56.1 Å². The first-order chi connectivity index (χ1) is 10.1. The topological polar surface area (TPSA) is 28.2 Å². The normalized spacial score (nSPS) is 25.6. The molecule has 1 aromatic rings. The smallest absolute Gasteiger partial charge is 0.128 e. The summed E-state index contributed by atoms with van der Waals surface area (Å²) in [4.78, 5) is 7.08. The van der Waals surface area contributed by atoms with Gasteiger partial charge in [-0.2, -0.15) is 0 Å². The van der Waals surface area contributed by atoms with Gasteiger partial charge in [0.1, 0.15) is 5.82 Å². The van der Waals surface area contributed by atoms with Crippen LogP contribution in [0.4, 0.5) is 11.5 Å². The molecule has 2 fully saturated rings. The molecule has 21 heavy (non-hydrogen) atoms. The van der Waals surface area contributed by atoms with Gasteiger partial charge in [0.2, 0.25) is 0 Å². The molecule has 0 bridgehead atoms. The van der Waals surface area contributed by atoms with Gasteiger partial charge in [-0.25, -0.2) is 4.98 Å². The van der Waals surface area contributed by atoms with E-state index in [2.05, 4.69) is 41.2 Å². The van der Waals surface area contributed by atoms with Crippen molar-refractivity contribution in [3.63, 3.8) is 0 Å². The predicted octanol–water partition coefficient (Wildman–Crippen LogP) is 4.45. The second kappa shape index (κ2) is 6.25. The van der Waals surface area contributed by atoms with E-state index in [1.54, 1.807) is 0 Å². The first-order valence-electron chi connectivity index (χ1n) is 8.60. The minimum atomic E-state index is 0.483. The highest BCUT2D eigenvalue weighted by Gasteiger charge is 2.27. The molecule has 0 aromatic carbocycles. The first kappa shape index (κ1) is 14.7. The Morgan fingerprint density at radius 2 is 1.95 bits per heavy atom. The Labute approximate surface area is 129 Å². The van der Waals surface area contributed by atoms with Crippen molar-refractivity contribution < 1.29 is 0 Å². The quantitative estimate of drug-likeness (QED) is 0.890. The van der Waals surface area contributed by atoms with Gasteiger partial charge in [0.05, 0.1) is 11.9 Å². The summed E-state index contributed by atoms with van der Waals surface area (Å²) < 4.78 is 0. The molecule has 0 radical (unpaired) electrons. The van der Waals surface area contributed by atoms with E-state index in [9.17, 15) is 0 Å². The van der Waals surface area contributed by atoms with Crippen molar-refractivity contribution in [1.29, 1.82) is 0 Å². The highest BCUT2D eigenvalue weighted by Crippen LogP contribution is 2.36. The molecule has 0 spiro atoms. The molecule has 2 aliphatic rings. The summed E-state index contributed by atoms with van der Waals surface area (Å²) >= 11 is 0. The van der Waals surface area contributed by atoms with E-state index in [-0.39, 0.29) is 0 Å². The maximum absolute atomic E-state index is 4.67. The molecule has 1 N–H and O–H groups in total. The van der Waals surface area contributed by atoms with Gasteiger partial charge in [0.25, 0.3) is 0 Å². The molecular weight excluding hydrogens is 258 g/mol. The van der Waals surface area contributed by atoms with E-state index >= 15 is 0 Å². The predicted molar refractivity (Wildman–Crippen MR) is 90.0 cm³/mol. The molecular formula is C18H29N3. The Morgan fingerprint density at radius 1 is 1.14 bits per heavy atom. The monoisotopic (exact) mass is 287 g/mol. The molecule has 1 aliphatic heterocycles. The molecule has 116 valence electrons. The molecule has 3 heteroatoms. The van der Waals surface area contributed by atoms with Crippen LogP contribution in [0.3, 0.4) is 0 Å². The molecule has 1 saturated heterocycles. The summed E-state index contributed by atoms with van der Waals surface area (Å²) in [6.45, 7) is 7.10. The van der Waals surface area contributed by atoms with Gasteiger partial charge in [-0.3, -0.25) is 0 Å². The van der Waals surface area contributed by atoms with Gasteiger partial charge in [-0.1, -0.05) is 20.3 Å². The second-order valence-electron chi connectivity index (χ2n) is 7.55. The third-order valence-electron chi connectivity index (χ3n) is 5.00. The summed E-state index contributed by atoms with van der Waals surface area (Å²) in [6.07, 6.45) is 11.2. The summed E-state index contributed by atoms with van der Waals surface area (Å²) in [5, 5.41) is 3.69. The average molecular weight is 287 g/mol. The summed E-state index contributed by atoms with van der Waals surface area (Å²) in [6, 6.07) is 5.00. The summed E-state index contributed by atoms with van der Waals surface area (Å²) in [7, 11) is 0. The SMILES string of the molecule is CC1(C)CCCC(Nc2ccc(N3CCCCC3)nc2)C1. The lowest BCUT2D eigenvalue weighted by molar-refractivity contribution is 0.229. The Hall–Kier alpha value is -1.25. The molecule has 1 aromatic heterocycles. The Balaban J connectivity index is 1.59. The second-order valence-corrected chi connectivity index (χ2v) is 7.55. The fourth-order valence-corrected chi connectivity index (χ4v) is 3.84. The Morgan fingerprint density at radius 3 is 2.62 bits per heavy atom. The number of hydrogen-bond donors (Lipinski definition) is 1. The van der Waals surface area contributed by atoms with Crippen LogP contribution in [0.2, 0.25) is 0 Å². The van der Waals surface area contributed by atoms with Crippen LogP contribution in [0.5, 0.6) is 0 Å². The average Bonchev–Trinajstić information content (AvgIpc) is 2.48. The van der Waals surface area contributed by atoms with Gasteiger partial charge in [0.15, 0.2) is 0 Å². The van der Waals surface area contributed by atoms with Gasteiger partial charge >= 0.3 is 0 Å². The molecule has 2 heterocycles. The van der Waals surface area contributed by atoms with Crippen molar-refractivity contribution >= 4 is 11.5 Å². The molecule has 1 saturated carbocycles. The third kappa shape index (κ3) is 3.90. The summed E-state index contributed by atoms with van der Waals surface area (Å²) in [5.74, 6) is 1.14. The highest BCUT2D eigenvalue weighted by atomic mass is 15.2. The minimum Gasteiger partial charge on any atom is -0.381 e. The van der Waals surface area contributed by atoms with Crippen LogP contribution in [0.15, 0.2) is 18.3 Å². The summed E-state index contributed by atoms with van der Waals surface area (Å²) in [5.41, 5.74) is 1.66. The Kier molecular flexibility index (Phi) is 4.37. The van der Waals surface area contributed by atoms with Crippen molar-refractivity contribution in [2.45, 2.75) is 64.8 Å². The third-order valence-corrected chi connectivity index (χ3v) is 5.00. The van der Waals surface area contributed by atoms with E-state index in [4.69, 9.17) is 0 Å². The van der Waals surface area contributed by atoms with E-state index in [0.29, 0.717) is 11.5 Å². The number of rotatable bonds is 3. The lowest BCUT2D eigenvalue weighted by Crippen LogP contribution is -2.32. The lowest BCUT2D eigenvalue weighted by atomic mass is 9.75. The number of anilines is 2. The number of nitrogens with one attached hydrogen (secondary N) is 1. The standard InChI is InChI=1S/C18H29N3/c1-18(2)10-6-7-15(13-18)20-16-8-9-17(19-14-16)21-11-4-3-5-12-21/h8-9,14-15,20H,3-7,10-13H2,1-2H3. The van der Waals surface area contributed by atoms with E-state index in [1.807, 2.05) is 6.20 Å². The van der Waals surface area contributed by atoms with Crippen molar-refractivity contribution in [2.75, 3.05) is 23.3 Å². The van der Waals surface area contributed by atoms with Crippen LogP contribution in [0, 0.1) is 5.41 Å². The van der Waals surface area contributed by atoms with Crippen LogP contribution in [0.1, 0.15) is 58.8 Å². The molecule has 3 nitrogen and oxygen atoms in total. The van der Waals surface area contributed by atoms with Crippen LogP contribution >= 0.6 is 0 Å². The molecule has 1 aliphatic carbocycles. The minimum absolute atomic E-state index is 0.483. The fourth-order valence-electron chi connectivity index (χ4n) is 3.84. The fraction of sp³-hybridized carbons (Fsp3) is 0.722. The van der Waals surface area contributed by atoms with E-state index < -0.39 is 0 Å². The zero-order chi connectivity index (χ0) is 14.7. The van der Waals surface area contributed by atoms with Crippen LogP contribution < -0.4 is 10.2 Å². The number of hydrogen-bond acceptors (Lipinski definition) is 3. The van der Waals surface area contributed by atoms with Gasteiger partial charge in [0, 0.05) is 19.1 Å². The van der Waals surface area contributed by atoms with E-state index in [1.165, 1.54) is 50.6 Å². The maximum atomic E-state index is 4.67. The molecule has 3 rings (SSSR count). The molecule has 0 amide bonds. The van der Waals surface area contributed by atoms with Gasteiger partial charge < -0.3 is 10.2 Å². The van der Waals surface area contributed by atoms with Gasteiger partial charge in [-0.15, -0.1) is 0 Å². The largest absolute Gasteiger partial charge is 0.381 e. The first-order valence-corrected chi connectivity index (χ1v) is 8.60. The molecule has 1 unspecified atom stereocenters. The number of aromatic nitrogens is 1. The lowest BCUT2D eigenvalue weighted by Gasteiger charge is -2.36. The van der Waals surface area contributed by atoms with Crippen LogP contribution in [-0.4, -0.2) is 24.1 Å². The van der Waals surface area contributed by atoms with Crippen LogP contribution in [0.25, 0.3) is 0 Å². The highest BCUT2D eigenvalue weighted by molar-refractivity contribution is 5.49. The van der Waals surface area contributed by atoms with Crippen molar-refractivity contribution in [1.82, 2.24) is 4.98 Å². The zero-order valence-electron chi connectivity index (χ0n) is 13.6. The number of nitrogens with zero attached hydrogens (tertiary/aromatic N) is 2. The number of piperidine rings is 1. The van der Waals surface area contributed by atoms with Crippen molar-refractivity contribution in [3.05, 3.63) is 18.3 Å². The maximum Gasteiger partial charge on any atom is 0.128 e. The van der Waals surface area contributed by atoms with Crippen LogP contribution in [-0.2, 0) is 0 Å². The van der Waals surface area contributed by atoms with Crippen molar-refractivity contribution in [2.24, 2.45) is 5.41 Å². The van der Waals surface area contributed by atoms with E-state index in [0.717, 1.165) is 18.9 Å².